The Hall–Kier alpha value is -0.630. The Morgan fingerprint density at radius 3 is 2.69 bits per heavy atom. The molecule has 0 aromatic heterocycles. The second kappa shape index (κ2) is 9.46. The van der Waals surface area contributed by atoms with Gasteiger partial charge in [0.15, 0.2) is 0 Å². The van der Waals surface area contributed by atoms with E-state index < -0.39 is 0 Å². The zero-order valence-electron chi connectivity index (χ0n) is 8.64. The van der Waals surface area contributed by atoms with Crippen LogP contribution in [0.2, 0.25) is 0 Å². The standard InChI is InChI=1S/C11H21NO/c1-3-4-5-6-7-8-11(13)9-10-12-2/h3,12H,1,4-10H2,2H3. The molecule has 0 saturated carbocycles. The average molecular weight is 183 g/mol. The van der Waals surface area contributed by atoms with Crippen LogP contribution in [-0.2, 0) is 4.79 Å². The lowest BCUT2D eigenvalue weighted by Crippen LogP contribution is -2.12. The summed E-state index contributed by atoms with van der Waals surface area (Å²) in [5, 5.41) is 2.98. The molecule has 0 aliphatic carbocycles. The van der Waals surface area contributed by atoms with Crippen molar-refractivity contribution in [2.75, 3.05) is 13.6 Å². The molecule has 0 heterocycles. The summed E-state index contributed by atoms with van der Waals surface area (Å²) in [6.45, 7) is 4.47. The molecule has 2 heteroatoms. The molecule has 0 aliphatic heterocycles. The van der Waals surface area contributed by atoms with E-state index in [9.17, 15) is 4.79 Å². The van der Waals surface area contributed by atoms with E-state index in [-0.39, 0.29) is 0 Å². The van der Waals surface area contributed by atoms with Gasteiger partial charge in [-0.2, -0.15) is 0 Å². The van der Waals surface area contributed by atoms with Crippen LogP contribution in [0.4, 0.5) is 0 Å². The van der Waals surface area contributed by atoms with Gasteiger partial charge in [0.1, 0.15) is 5.78 Å². The quantitative estimate of drug-likeness (QED) is 0.439. The molecule has 0 bridgehead atoms. The molecule has 0 aromatic carbocycles. The Kier molecular flexibility index (Phi) is 9.00. The second-order valence-corrected chi connectivity index (χ2v) is 3.28. The highest BCUT2D eigenvalue weighted by molar-refractivity contribution is 5.78. The van der Waals surface area contributed by atoms with Gasteiger partial charge < -0.3 is 5.32 Å². The van der Waals surface area contributed by atoms with Gasteiger partial charge in [0.2, 0.25) is 0 Å². The van der Waals surface area contributed by atoms with E-state index in [1.165, 1.54) is 6.42 Å². The Bertz CT molecular complexity index is 143. The van der Waals surface area contributed by atoms with Crippen molar-refractivity contribution in [2.45, 2.75) is 38.5 Å². The fraction of sp³-hybridized carbons (Fsp3) is 0.727. The topological polar surface area (TPSA) is 29.1 Å². The highest BCUT2D eigenvalue weighted by atomic mass is 16.1. The van der Waals surface area contributed by atoms with Crippen LogP contribution in [0.3, 0.4) is 0 Å². The lowest BCUT2D eigenvalue weighted by atomic mass is 10.1. The van der Waals surface area contributed by atoms with Crippen LogP contribution in [0.25, 0.3) is 0 Å². The SMILES string of the molecule is C=CCCCCCC(=O)CCNC. The maximum absolute atomic E-state index is 11.2. The number of carbonyl (C=O) groups excluding carboxylic acids is 1. The van der Waals surface area contributed by atoms with Crippen molar-refractivity contribution >= 4 is 5.78 Å². The lowest BCUT2D eigenvalue weighted by molar-refractivity contribution is -0.119. The molecule has 0 aromatic rings. The lowest BCUT2D eigenvalue weighted by Gasteiger charge is -1.99. The molecule has 76 valence electrons. The fourth-order valence-corrected chi connectivity index (χ4v) is 1.18. The maximum atomic E-state index is 11.2. The third kappa shape index (κ3) is 9.28. The van der Waals surface area contributed by atoms with Gasteiger partial charge in [0.05, 0.1) is 0 Å². The third-order valence-corrected chi connectivity index (χ3v) is 2.02. The molecule has 0 saturated heterocycles. The first-order valence-electron chi connectivity index (χ1n) is 5.08. The van der Waals surface area contributed by atoms with Gasteiger partial charge in [-0.3, -0.25) is 4.79 Å². The van der Waals surface area contributed by atoms with Crippen molar-refractivity contribution in [3.8, 4) is 0 Å². The third-order valence-electron chi connectivity index (χ3n) is 2.02. The minimum absolute atomic E-state index is 0.382. The molecular weight excluding hydrogens is 162 g/mol. The Morgan fingerprint density at radius 1 is 1.31 bits per heavy atom. The molecule has 13 heavy (non-hydrogen) atoms. The minimum Gasteiger partial charge on any atom is -0.319 e. The molecule has 0 rings (SSSR count). The van der Waals surface area contributed by atoms with E-state index in [4.69, 9.17) is 0 Å². The molecule has 0 atom stereocenters. The number of Topliss-reactive ketones (excluding diaryl/α,β-unsaturated/α-hetero) is 1. The van der Waals surface area contributed by atoms with Crippen LogP contribution >= 0.6 is 0 Å². The summed E-state index contributed by atoms with van der Waals surface area (Å²) in [5.74, 6) is 0.382. The summed E-state index contributed by atoms with van der Waals surface area (Å²) in [5.41, 5.74) is 0. The van der Waals surface area contributed by atoms with Gasteiger partial charge in [-0.05, 0) is 26.3 Å². The van der Waals surface area contributed by atoms with E-state index in [0.29, 0.717) is 12.2 Å². The summed E-state index contributed by atoms with van der Waals surface area (Å²) < 4.78 is 0. The second-order valence-electron chi connectivity index (χ2n) is 3.28. The normalized spacial score (nSPS) is 9.92. The van der Waals surface area contributed by atoms with Crippen LogP contribution in [0.15, 0.2) is 12.7 Å². The fourth-order valence-electron chi connectivity index (χ4n) is 1.18. The summed E-state index contributed by atoms with van der Waals surface area (Å²) in [7, 11) is 1.87. The van der Waals surface area contributed by atoms with Crippen LogP contribution in [0.5, 0.6) is 0 Å². The number of unbranched alkanes of at least 4 members (excludes halogenated alkanes) is 3. The predicted molar refractivity (Wildman–Crippen MR) is 56.8 cm³/mol. The molecule has 0 aliphatic rings. The Labute approximate surface area is 81.4 Å². The van der Waals surface area contributed by atoms with Crippen molar-refractivity contribution in [1.29, 1.82) is 0 Å². The predicted octanol–water partition coefficient (Wildman–Crippen LogP) is 2.30. The molecule has 2 nitrogen and oxygen atoms in total. The first-order valence-corrected chi connectivity index (χ1v) is 5.08. The van der Waals surface area contributed by atoms with Crippen LogP contribution in [-0.4, -0.2) is 19.4 Å². The summed E-state index contributed by atoms with van der Waals surface area (Å²) in [6, 6.07) is 0. The largest absolute Gasteiger partial charge is 0.319 e. The van der Waals surface area contributed by atoms with Gasteiger partial charge in [-0.15, -0.1) is 6.58 Å². The molecule has 0 fully saturated rings. The maximum Gasteiger partial charge on any atom is 0.134 e. The van der Waals surface area contributed by atoms with E-state index in [1.54, 1.807) is 0 Å². The van der Waals surface area contributed by atoms with E-state index in [0.717, 1.165) is 32.2 Å². The van der Waals surface area contributed by atoms with Gasteiger partial charge in [0.25, 0.3) is 0 Å². The number of hydrogen-bond donors (Lipinski definition) is 1. The number of rotatable bonds is 9. The zero-order valence-corrected chi connectivity index (χ0v) is 8.64. The molecule has 0 radical (unpaired) electrons. The number of allylic oxidation sites excluding steroid dienone is 1. The van der Waals surface area contributed by atoms with Crippen molar-refractivity contribution in [3.63, 3.8) is 0 Å². The Morgan fingerprint density at radius 2 is 2.08 bits per heavy atom. The molecule has 0 unspecified atom stereocenters. The summed E-state index contributed by atoms with van der Waals surface area (Å²) in [4.78, 5) is 11.2. The molecule has 0 amide bonds. The van der Waals surface area contributed by atoms with E-state index in [2.05, 4.69) is 11.9 Å². The molecule has 1 N–H and O–H groups in total. The first kappa shape index (κ1) is 12.4. The zero-order chi connectivity index (χ0) is 9.94. The molecule has 0 spiro atoms. The monoisotopic (exact) mass is 183 g/mol. The average Bonchev–Trinajstić information content (AvgIpc) is 2.14. The van der Waals surface area contributed by atoms with Crippen molar-refractivity contribution in [2.24, 2.45) is 0 Å². The summed E-state index contributed by atoms with van der Waals surface area (Å²) >= 11 is 0. The van der Waals surface area contributed by atoms with Gasteiger partial charge in [-0.25, -0.2) is 0 Å². The number of hydrogen-bond acceptors (Lipinski definition) is 2. The van der Waals surface area contributed by atoms with Crippen molar-refractivity contribution in [3.05, 3.63) is 12.7 Å². The number of ketones is 1. The van der Waals surface area contributed by atoms with Crippen molar-refractivity contribution in [1.82, 2.24) is 5.32 Å². The van der Waals surface area contributed by atoms with Crippen LogP contribution in [0.1, 0.15) is 38.5 Å². The highest BCUT2D eigenvalue weighted by Gasteiger charge is 1.99. The van der Waals surface area contributed by atoms with E-state index in [1.807, 2.05) is 13.1 Å². The van der Waals surface area contributed by atoms with E-state index >= 15 is 0 Å². The number of nitrogens with one attached hydrogen (secondary N) is 1. The number of carbonyl (C=O) groups is 1. The van der Waals surface area contributed by atoms with Gasteiger partial charge in [0, 0.05) is 19.4 Å². The summed E-state index contributed by atoms with van der Waals surface area (Å²) in [6.07, 6.45) is 7.79. The Balaban J connectivity index is 3.12. The van der Waals surface area contributed by atoms with Gasteiger partial charge >= 0.3 is 0 Å². The van der Waals surface area contributed by atoms with Crippen LogP contribution in [0, 0.1) is 0 Å². The first-order chi connectivity index (χ1) is 6.31. The minimum atomic E-state index is 0.382. The molecular formula is C11H21NO. The smallest absolute Gasteiger partial charge is 0.134 e. The van der Waals surface area contributed by atoms with Crippen molar-refractivity contribution < 1.29 is 4.79 Å². The highest BCUT2D eigenvalue weighted by Crippen LogP contribution is 2.04. The van der Waals surface area contributed by atoms with Gasteiger partial charge in [-0.1, -0.05) is 12.5 Å². The van der Waals surface area contributed by atoms with Crippen LogP contribution < -0.4 is 5.32 Å².